The van der Waals surface area contributed by atoms with Gasteiger partial charge >= 0.3 is 0 Å². The van der Waals surface area contributed by atoms with Crippen LogP contribution in [-0.2, 0) is 0 Å². The Labute approximate surface area is 152 Å². The van der Waals surface area contributed by atoms with Crippen molar-refractivity contribution in [1.82, 2.24) is 9.88 Å². The molecule has 130 valence electrons. The molecule has 1 aliphatic rings. The minimum absolute atomic E-state index is 0.0499. The molecule has 6 heteroatoms. The lowest BCUT2D eigenvalue weighted by atomic mass is 9.98. The highest BCUT2D eigenvalue weighted by atomic mass is 35.5. The van der Waals surface area contributed by atoms with Crippen molar-refractivity contribution in [2.24, 2.45) is 5.92 Å². The van der Waals surface area contributed by atoms with Crippen molar-refractivity contribution in [2.75, 3.05) is 18.4 Å². The summed E-state index contributed by atoms with van der Waals surface area (Å²) in [6.07, 6.45) is 3.52. The molecule has 1 aromatic heterocycles. The zero-order valence-corrected chi connectivity index (χ0v) is 14.8. The van der Waals surface area contributed by atoms with Gasteiger partial charge in [-0.1, -0.05) is 24.6 Å². The number of hydrogen-bond donors (Lipinski definition) is 1. The summed E-state index contributed by atoms with van der Waals surface area (Å²) in [7, 11) is 0. The molecule has 2 amide bonds. The second-order valence-corrected chi connectivity index (χ2v) is 6.81. The van der Waals surface area contributed by atoms with E-state index in [1.165, 1.54) is 6.20 Å². The molecule has 2 aromatic rings. The van der Waals surface area contributed by atoms with Crippen LogP contribution in [0.15, 0.2) is 42.6 Å². The van der Waals surface area contributed by atoms with Crippen molar-refractivity contribution in [3.8, 4) is 0 Å². The first-order valence-electron chi connectivity index (χ1n) is 8.35. The first-order valence-corrected chi connectivity index (χ1v) is 8.73. The number of rotatable bonds is 3. The van der Waals surface area contributed by atoms with E-state index in [1.807, 2.05) is 4.90 Å². The molecule has 1 aromatic carbocycles. The molecule has 3 rings (SSSR count). The Morgan fingerprint density at radius 2 is 1.96 bits per heavy atom. The van der Waals surface area contributed by atoms with Crippen molar-refractivity contribution >= 4 is 29.1 Å². The number of nitrogens with one attached hydrogen (secondary N) is 1. The van der Waals surface area contributed by atoms with Crippen LogP contribution in [0.2, 0.25) is 5.02 Å². The number of nitrogens with zero attached hydrogens (tertiary/aromatic N) is 2. The molecule has 0 unspecified atom stereocenters. The van der Waals surface area contributed by atoms with Gasteiger partial charge in [0.15, 0.2) is 0 Å². The normalized spacial score (nSPS) is 15.0. The van der Waals surface area contributed by atoms with Gasteiger partial charge in [0.2, 0.25) is 0 Å². The summed E-state index contributed by atoms with van der Waals surface area (Å²) in [6.45, 7) is 3.71. The van der Waals surface area contributed by atoms with Gasteiger partial charge < -0.3 is 10.2 Å². The van der Waals surface area contributed by atoms with Gasteiger partial charge in [0, 0.05) is 35.6 Å². The number of benzene rings is 1. The fraction of sp³-hybridized carbons (Fsp3) is 0.316. The van der Waals surface area contributed by atoms with Gasteiger partial charge in [-0.2, -0.15) is 0 Å². The van der Waals surface area contributed by atoms with Crippen LogP contribution in [0.4, 0.5) is 5.69 Å². The number of anilines is 1. The van der Waals surface area contributed by atoms with Gasteiger partial charge in [0.25, 0.3) is 11.8 Å². The van der Waals surface area contributed by atoms with Gasteiger partial charge in [-0.25, -0.2) is 0 Å². The van der Waals surface area contributed by atoms with E-state index >= 15 is 0 Å². The summed E-state index contributed by atoms with van der Waals surface area (Å²) < 4.78 is 0. The largest absolute Gasteiger partial charge is 0.339 e. The van der Waals surface area contributed by atoms with Crippen LogP contribution in [-0.4, -0.2) is 34.8 Å². The summed E-state index contributed by atoms with van der Waals surface area (Å²) in [6, 6.07) is 10.1. The maximum atomic E-state index is 12.6. The molecule has 2 heterocycles. The van der Waals surface area contributed by atoms with Gasteiger partial charge in [0.1, 0.15) is 5.69 Å². The number of pyridine rings is 1. The summed E-state index contributed by atoms with van der Waals surface area (Å²) in [4.78, 5) is 30.9. The van der Waals surface area contributed by atoms with Crippen LogP contribution in [0, 0.1) is 5.92 Å². The van der Waals surface area contributed by atoms with Crippen molar-refractivity contribution in [2.45, 2.75) is 19.8 Å². The Bertz CT molecular complexity index is 786. The molecular weight excluding hydrogens is 338 g/mol. The fourth-order valence-corrected chi connectivity index (χ4v) is 3.03. The number of amides is 2. The standard InChI is InChI=1S/C19H20ClN3O2/c1-13-6-9-23(10-7-13)19(25)14-5-8-21-17(11-14)18(24)22-16-4-2-3-15(20)12-16/h2-5,8,11-13H,6-7,9-10H2,1H3,(H,22,24). The molecule has 0 spiro atoms. The van der Waals surface area contributed by atoms with Crippen LogP contribution in [0.5, 0.6) is 0 Å². The monoisotopic (exact) mass is 357 g/mol. The highest BCUT2D eigenvalue weighted by Crippen LogP contribution is 2.19. The second-order valence-electron chi connectivity index (χ2n) is 6.37. The molecule has 1 saturated heterocycles. The van der Waals surface area contributed by atoms with Crippen molar-refractivity contribution in [3.63, 3.8) is 0 Å². The predicted octanol–water partition coefficient (Wildman–Crippen LogP) is 3.86. The molecule has 0 saturated carbocycles. The highest BCUT2D eigenvalue weighted by Gasteiger charge is 2.22. The number of carbonyl (C=O) groups excluding carboxylic acids is 2. The molecule has 0 radical (unpaired) electrons. The molecule has 0 aliphatic carbocycles. The number of piperidine rings is 1. The number of aromatic nitrogens is 1. The van der Waals surface area contributed by atoms with E-state index < -0.39 is 0 Å². The fourth-order valence-electron chi connectivity index (χ4n) is 2.84. The number of likely N-dealkylation sites (tertiary alicyclic amines) is 1. The SMILES string of the molecule is CC1CCN(C(=O)c2ccnc(C(=O)Nc3cccc(Cl)c3)c2)CC1. The Morgan fingerprint density at radius 3 is 2.68 bits per heavy atom. The minimum atomic E-state index is -0.371. The van der Waals surface area contributed by atoms with Crippen LogP contribution >= 0.6 is 11.6 Å². The number of carbonyl (C=O) groups is 2. The zero-order chi connectivity index (χ0) is 17.8. The Morgan fingerprint density at radius 1 is 1.20 bits per heavy atom. The molecular formula is C19H20ClN3O2. The molecule has 1 aliphatic heterocycles. The minimum Gasteiger partial charge on any atom is -0.339 e. The van der Waals surface area contributed by atoms with E-state index in [4.69, 9.17) is 11.6 Å². The molecule has 5 nitrogen and oxygen atoms in total. The van der Waals surface area contributed by atoms with Gasteiger partial charge in [-0.15, -0.1) is 0 Å². The van der Waals surface area contributed by atoms with E-state index in [2.05, 4.69) is 17.2 Å². The topological polar surface area (TPSA) is 62.3 Å². The Kier molecular flexibility index (Phi) is 5.34. The van der Waals surface area contributed by atoms with Gasteiger partial charge in [0.05, 0.1) is 0 Å². The summed E-state index contributed by atoms with van der Waals surface area (Å²) >= 11 is 5.92. The van der Waals surface area contributed by atoms with E-state index in [0.717, 1.165) is 25.9 Å². The van der Waals surface area contributed by atoms with Gasteiger partial charge in [-0.3, -0.25) is 14.6 Å². The summed E-state index contributed by atoms with van der Waals surface area (Å²) in [5.74, 6) is 0.232. The van der Waals surface area contributed by atoms with Crippen molar-refractivity contribution in [3.05, 3.63) is 58.9 Å². The van der Waals surface area contributed by atoms with Gasteiger partial charge in [-0.05, 0) is 49.1 Å². The third kappa shape index (κ3) is 4.37. The van der Waals surface area contributed by atoms with E-state index in [1.54, 1.807) is 36.4 Å². The first-order chi connectivity index (χ1) is 12.0. The van der Waals surface area contributed by atoms with Crippen LogP contribution in [0.25, 0.3) is 0 Å². The maximum Gasteiger partial charge on any atom is 0.274 e. The lowest BCUT2D eigenvalue weighted by molar-refractivity contribution is 0.0697. The third-order valence-corrected chi connectivity index (χ3v) is 4.63. The van der Waals surface area contributed by atoms with Crippen molar-refractivity contribution in [1.29, 1.82) is 0 Å². The lowest BCUT2D eigenvalue weighted by Gasteiger charge is -2.30. The Balaban J connectivity index is 1.72. The number of halogens is 1. The van der Waals surface area contributed by atoms with E-state index in [-0.39, 0.29) is 17.5 Å². The average Bonchev–Trinajstić information content (AvgIpc) is 2.62. The molecule has 1 fully saturated rings. The number of hydrogen-bond acceptors (Lipinski definition) is 3. The van der Waals surface area contributed by atoms with E-state index in [9.17, 15) is 9.59 Å². The first kappa shape index (κ1) is 17.4. The quantitative estimate of drug-likeness (QED) is 0.907. The predicted molar refractivity (Wildman–Crippen MR) is 97.9 cm³/mol. The molecule has 1 N–H and O–H groups in total. The Hall–Kier alpha value is -2.40. The van der Waals surface area contributed by atoms with Crippen LogP contribution in [0.3, 0.4) is 0 Å². The van der Waals surface area contributed by atoms with Crippen LogP contribution in [0.1, 0.15) is 40.6 Å². The maximum absolute atomic E-state index is 12.6. The zero-order valence-electron chi connectivity index (χ0n) is 14.0. The highest BCUT2D eigenvalue weighted by molar-refractivity contribution is 6.30. The van der Waals surface area contributed by atoms with Crippen LogP contribution < -0.4 is 5.32 Å². The molecule has 0 bridgehead atoms. The lowest BCUT2D eigenvalue weighted by Crippen LogP contribution is -2.38. The summed E-state index contributed by atoms with van der Waals surface area (Å²) in [5, 5.41) is 3.28. The smallest absolute Gasteiger partial charge is 0.274 e. The van der Waals surface area contributed by atoms with Crippen molar-refractivity contribution < 1.29 is 9.59 Å². The third-order valence-electron chi connectivity index (χ3n) is 4.39. The summed E-state index contributed by atoms with van der Waals surface area (Å²) in [5.41, 5.74) is 1.28. The molecule has 25 heavy (non-hydrogen) atoms. The van der Waals surface area contributed by atoms with E-state index in [0.29, 0.717) is 22.2 Å². The average molecular weight is 358 g/mol. The molecule has 0 atom stereocenters. The second kappa shape index (κ2) is 7.66.